The third-order valence-electron chi connectivity index (χ3n) is 4.03. The lowest BCUT2D eigenvalue weighted by molar-refractivity contribution is -0.128. The van der Waals surface area contributed by atoms with Crippen LogP contribution < -0.4 is 9.47 Å². The van der Waals surface area contributed by atoms with Gasteiger partial charge >= 0.3 is 5.97 Å². The maximum Gasteiger partial charge on any atom is 0.336 e. The van der Waals surface area contributed by atoms with Crippen molar-refractivity contribution < 1.29 is 23.0 Å². The van der Waals surface area contributed by atoms with Crippen molar-refractivity contribution in [2.45, 2.75) is 19.8 Å². The maximum absolute atomic E-state index is 14.3. The van der Waals surface area contributed by atoms with Crippen LogP contribution in [0.2, 0.25) is 0 Å². The second-order valence-electron chi connectivity index (χ2n) is 6.44. The SMILES string of the molecule is CCCCOc1ccc(N=Nc2c(F)cc(OC(=O)/C=C/c3ccsc3)cc2F)cc1. The number of rotatable bonds is 9. The predicted octanol–water partition coefficient (Wildman–Crippen LogP) is 7.24. The molecule has 160 valence electrons. The fourth-order valence-corrected chi connectivity index (χ4v) is 3.06. The molecule has 0 bridgehead atoms. The summed E-state index contributed by atoms with van der Waals surface area (Å²) in [4.78, 5) is 11.8. The van der Waals surface area contributed by atoms with Gasteiger partial charge in [-0.2, -0.15) is 16.5 Å². The summed E-state index contributed by atoms with van der Waals surface area (Å²) >= 11 is 1.48. The molecule has 31 heavy (non-hydrogen) atoms. The van der Waals surface area contributed by atoms with Gasteiger partial charge in [0, 0.05) is 18.2 Å². The molecule has 8 heteroatoms. The van der Waals surface area contributed by atoms with E-state index in [1.807, 2.05) is 16.8 Å². The lowest BCUT2D eigenvalue weighted by Gasteiger charge is -2.05. The first-order valence-electron chi connectivity index (χ1n) is 9.61. The van der Waals surface area contributed by atoms with E-state index < -0.39 is 23.3 Å². The molecule has 0 fully saturated rings. The van der Waals surface area contributed by atoms with Gasteiger partial charge in [-0.25, -0.2) is 13.6 Å². The summed E-state index contributed by atoms with van der Waals surface area (Å²) in [7, 11) is 0. The number of thiophene rings is 1. The van der Waals surface area contributed by atoms with Crippen LogP contribution in [0, 0.1) is 11.6 Å². The van der Waals surface area contributed by atoms with Crippen molar-refractivity contribution in [1.29, 1.82) is 0 Å². The Hall–Kier alpha value is -3.39. The summed E-state index contributed by atoms with van der Waals surface area (Å²) in [5.74, 6) is -2.31. The van der Waals surface area contributed by atoms with E-state index >= 15 is 0 Å². The van der Waals surface area contributed by atoms with Gasteiger partial charge in [-0.15, -0.1) is 5.11 Å². The molecule has 0 aliphatic carbocycles. The Balaban J connectivity index is 1.64. The van der Waals surface area contributed by atoms with Crippen molar-refractivity contribution in [1.82, 2.24) is 0 Å². The number of hydrogen-bond donors (Lipinski definition) is 0. The highest BCUT2D eigenvalue weighted by molar-refractivity contribution is 7.08. The van der Waals surface area contributed by atoms with Gasteiger partial charge in [0.25, 0.3) is 0 Å². The first-order chi connectivity index (χ1) is 15.0. The van der Waals surface area contributed by atoms with Crippen LogP contribution >= 0.6 is 11.3 Å². The second-order valence-corrected chi connectivity index (χ2v) is 7.22. The van der Waals surface area contributed by atoms with Crippen LogP contribution in [0.5, 0.6) is 11.5 Å². The summed E-state index contributed by atoms with van der Waals surface area (Å²) in [6.45, 7) is 2.69. The molecule has 1 aromatic heterocycles. The number of halogens is 2. The van der Waals surface area contributed by atoms with Crippen LogP contribution in [0.15, 0.2) is 69.5 Å². The monoisotopic (exact) mass is 442 g/mol. The van der Waals surface area contributed by atoms with Crippen molar-refractivity contribution in [2.24, 2.45) is 10.2 Å². The molecule has 2 aromatic carbocycles. The van der Waals surface area contributed by atoms with Crippen molar-refractivity contribution in [2.75, 3.05) is 6.61 Å². The standard InChI is InChI=1S/C23H20F2N2O3S/c1-2-3-11-29-18-7-5-17(6-8-18)26-27-23-20(24)13-19(14-21(23)25)30-22(28)9-4-16-10-12-31-15-16/h4-10,12-15H,2-3,11H2,1H3/b9-4+,27-26?. The molecule has 0 atom stereocenters. The largest absolute Gasteiger partial charge is 0.494 e. The summed E-state index contributed by atoms with van der Waals surface area (Å²) in [5.41, 5.74) is 0.670. The van der Waals surface area contributed by atoms with Gasteiger partial charge in [0.15, 0.2) is 17.3 Å². The summed E-state index contributed by atoms with van der Waals surface area (Å²) in [6, 6.07) is 10.3. The van der Waals surface area contributed by atoms with E-state index in [1.54, 1.807) is 30.3 Å². The minimum atomic E-state index is -0.993. The highest BCUT2D eigenvalue weighted by Gasteiger charge is 2.13. The van der Waals surface area contributed by atoms with Crippen molar-refractivity contribution in [3.8, 4) is 11.5 Å². The molecule has 0 amide bonds. The minimum Gasteiger partial charge on any atom is -0.494 e. The summed E-state index contributed by atoms with van der Waals surface area (Å²) < 4.78 is 39.1. The number of nitrogens with zero attached hydrogens (tertiary/aromatic N) is 2. The molecule has 0 radical (unpaired) electrons. The van der Waals surface area contributed by atoms with E-state index in [1.165, 1.54) is 17.4 Å². The second kappa shape index (κ2) is 11.1. The lowest BCUT2D eigenvalue weighted by Crippen LogP contribution is -2.04. The van der Waals surface area contributed by atoms with E-state index in [0.29, 0.717) is 18.0 Å². The van der Waals surface area contributed by atoms with Gasteiger partial charge in [-0.3, -0.25) is 0 Å². The fraction of sp³-hybridized carbons (Fsp3) is 0.174. The number of unbranched alkanes of at least 4 members (excludes halogenated alkanes) is 1. The molecule has 0 aliphatic heterocycles. The van der Waals surface area contributed by atoms with E-state index in [-0.39, 0.29) is 5.75 Å². The average Bonchev–Trinajstić information content (AvgIpc) is 3.27. The average molecular weight is 442 g/mol. The molecular weight excluding hydrogens is 422 g/mol. The Morgan fingerprint density at radius 2 is 1.81 bits per heavy atom. The summed E-state index contributed by atoms with van der Waals surface area (Å²) in [5, 5.41) is 11.2. The van der Waals surface area contributed by atoms with Gasteiger partial charge in [0.1, 0.15) is 11.5 Å². The minimum absolute atomic E-state index is 0.262. The number of esters is 1. The predicted molar refractivity (Wildman–Crippen MR) is 116 cm³/mol. The molecule has 0 saturated heterocycles. The molecule has 0 unspecified atom stereocenters. The highest BCUT2D eigenvalue weighted by Crippen LogP contribution is 2.29. The molecule has 5 nitrogen and oxygen atoms in total. The first-order valence-corrected chi connectivity index (χ1v) is 10.5. The number of ether oxygens (including phenoxy) is 2. The molecule has 3 rings (SSSR count). The zero-order chi connectivity index (χ0) is 22.1. The number of hydrogen-bond acceptors (Lipinski definition) is 6. The molecule has 3 aromatic rings. The summed E-state index contributed by atoms with van der Waals surface area (Å²) in [6.07, 6.45) is 4.72. The Kier molecular flexibility index (Phi) is 8.00. The van der Waals surface area contributed by atoms with Crippen LogP contribution in [0.3, 0.4) is 0 Å². The molecular formula is C23H20F2N2O3S. The van der Waals surface area contributed by atoms with Crippen LogP contribution in [-0.4, -0.2) is 12.6 Å². The first kappa shape index (κ1) is 22.3. The van der Waals surface area contributed by atoms with Gasteiger partial charge in [0.05, 0.1) is 12.3 Å². The smallest absolute Gasteiger partial charge is 0.336 e. The molecule has 0 saturated carbocycles. The number of benzene rings is 2. The Morgan fingerprint density at radius 3 is 2.45 bits per heavy atom. The van der Waals surface area contributed by atoms with Crippen LogP contribution in [0.4, 0.5) is 20.2 Å². The lowest BCUT2D eigenvalue weighted by atomic mass is 10.2. The number of azo groups is 1. The molecule has 1 heterocycles. The van der Waals surface area contributed by atoms with Crippen LogP contribution in [0.25, 0.3) is 6.08 Å². The Morgan fingerprint density at radius 1 is 1.06 bits per heavy atom. The molecule has 0 N–H and O–H groups in total. The third kappa shape index (κ3) is 6.82. The normalized spacial score (nSPS) is 11.3. The van der Waals surface area contributed by atoms with E-state index in [4.69, 9.17) is 9.47 Å². The van der Waals surface area contributed by atoms with Crippen LogP contribution in [0.1, 0.15) is 25.3 Å². The van der Waals surface area contributed by atoms with E-state index in [2.05, 4.69) is 17.2 Å². The van der Waals surface area contributed by atoms with Crippen LogP contribution in [-0.2, 0) is 4.79 Å². The van der Waals surface area contributed by atoms with Crippen molar-refractivity contribution >= 4 is 34.8 Å². The van der Waals surface area contributed by atoms with Gasteiger partial charge in [-0.05, 0) is 59.2 Å². The van der Waals surface area contributed by atoms with Crippen molar-refractivity contribution in [3.05, 3.63) is 76.5 Å². The number of carbonyl (C=O) groups is 1. The Labute approximate surface area is 182 Å². The van der Waals surface area contributed by atoms with Gasteiger partial charge in [0.2, 0.25) is 0 Å². The topological polar surface area (TPSA) is 60.3 Å². The van der Waals surface area contributed by atoms with E-state index in [0.717, 1.165) is 30.5 Å². The zero-order valence-electron chi connectivity index (χ0n) is 16.8. The zero-order valence-corrected chi connectivity index (χ0v) is 17.6. The van der Waals surface area contributed by atoms with E-state index in [9.17, 15) is 13.6 Å². The van der Waals surface area contributed by atoms with Gasteiger partial charge < -0.3 is 9.47 Å². The van der Waals surface area contributed by atoms with Crippen molar-refractivity contribution in [3.63, 3.8) is 0 Å². The molecule has 0 aliphatic rings. The molecule has 0 spiro atoms. The Bertz CT molecular complexity index is 1040. The number of carbonyl (C=O) groups excluding carboxylic acids is 1. The fourth-order valence-electron chi connectivity index (χ4n) is 2.43. The highest BCUT2D eigenvalue weighted by atomic mass is 32.1. The quantitative estimate of drug-likeness (QED) is 0.115. The van der Waals surface area contributed by atoms with Gasteiger partial charge in [-0.1, -0.05) is 13.3 Å². The third-order valence-corrected chi connectivity index (χ3v) is 4.73. The maximum atomic E-state index is 14.3.